The molecule has 0 aromatic heterocycles. The first-order valence-corrected chi connectivity index (χ1v) is 25.3. The molecule has 0 radical (unpaired) electrons. The molecule has 0 saturated carbocycles. The van der Waals surface area contributed by atoms with E-state index >= 15 is 0 Å². The molecule has 0 spiro atoms. The number of cyclic esters (lactones) is 1. The number of urea groups is 1. The molecule has 14 N–H and O–H groups in total. The molecular formula is C52H82N4O17. The van der Waals surface area contributed by atoms with Crippen molar-refractivity contribution in [1.82, 2.24) is 9.80 Å². The number of carbonyl (C=O) groups is 3. The molecule has 4 aliphatic heterocycles. The van der Waals surface area contributed by atoms with E-state index in [4.69, 9.17) is 30.4 Å². The molecule has 3 saturated heterocycles. The molecule has 4 rings (SSSR count). The van der Waals surface area contributed by atoms with E-state index in [0.29, 0.717) is 0 Å². The third-order valence-electron chi connectivity index (χ3n) is 13.9. The molecule has 3 fully saturated rings. The SMILES string of the molecule is C[C@@H]1OC(=O)CC(O)CC(O)CCC(O)C(O)CC(O)CC2(O)C[C@H](O)C(C(=O)N3CCN(C(N)=O)CC3)[C@H](CC(O[C@@H]3O[C@H](C)C(O)[C@H](N)[C@@H]3O)/C=C/C=C/C=C/C=C/C=C/C=C/C=C/[C@H](C)C(O)[C@H]1C)O2. The number of aliphatic hydroxyl groups is 10. The first-order valence-electron chi connectivity index (χ1n) is 25.3. The summed E-state index contributed by atoms with van der Waals surface area (Å²) in [5.74, 6) is -5.69. The van der Waals surface area contributed by atoms with E-state index < -0.39 is 153 Å². The summed E-state index contributed by atoms with van der Waals surface area (Å²) in [5, 5.41) is 110. The number of nitrogens with two attached hydrogens (primary N) is 2. The Labute approximate surface area is 428 Å². The van der Waals surface area contributed by atoms with Gasteiger partial charge in [-0.2, -0.15) is 0 Å². The van der Waals surface area contributed by atoms with Gasteiger partial charge in [-0.15, -0.1) is 0 Å². The number of amides is 3. The smallest absolute Gasteiger partial charge is 0.314 e. The second-order valence-electron chi connectivity index (χ2n) is 19.9. The van der Waals surface area contributed by atoms with Gasteiger partial charge in [0.2, 0.25) is 5.91 Å². The van der Waals surface area contributed by atoms with Crippen LogP contribution >= 0.6 is 0 Å². The van der Waals surface area contributed by atoms with Gasteiger partial charge >= 0.3 is 12.0 Å². The van der Waals surface area contributed by atoms with Crippen LogP contribution in [0.15, 0.2) is 85.1 Å². The van der Waals surface area contributed by atoms with Crippen LogP contribution in [-0.2, 0) is 28.5 Å². The molecule has 21 heteroatoms. The Morgan fingerprint density at radius 1 is 0.644 bits per heavy atom. The number of hydrogen-bond acceptors (Lipinski definition) is 18. The van der Waals surface area contributed by atoms with Crippen molar-refractivity contribution in [1.29, 1.82) is 0 Å². The predicted molar refractivity (Wildman–Crippen MR) is 267 cm³/mol. The lowest BCUT2D eigenvalue weighted by Gasteiger charge is -2.47. The largest absolute Gasteiger partial charge is 0.462 e. The summed E-state index contributed by atoms with van der Waals surface area (Å²) in [4.78, 5) is 41.7. The average molecular weight is 1040 g/mol. The molecule has 73 heavy (non-hydrogen) atoms. The number of aliphatic hydroxyl groups excluding tert-OH is 9. The Morgan fingerprint density at radius 2 is 1.21 bits per heavy atom. The third-order valence-corrected chi connectivity index (χ3v) is 13.9. The molecule has 21 nitrogen and oxygen atoms in total. The van der Waals surface area contributed by atoms with Crippen molar-refractivity contribution in [2.45, 2.75) is 177 Å². The average Bonchev–Trinajstić information content (AvgIpc) is 3.32. The normalized spacial score (nSPS) is 43.1. The first kappa shape index (κ1) is 61.4. The molecule has 3 amide bonds. The zero-order valence-electron chi connectivity index (χ0n) is 42.3. The Hall–Kier alpha value is -4.17. The van der Waals surface area contributed by atoms with Gasteiger partial charge in [0, 0.05) is 63.7 Å². The molecule has 4 heterocycles. The predicted octanol–water partition coefficient (Wildman–Crippen LogP) is -0.150. The van der Waals surface area contributed by atoms with Crippen molar-refractivity contribution in [3.05, 3.63) is 85.1 Å². The summed E-state index contributed by atoms with van der Waals surface area (Å²) < 4.78 is 23.9. The molecule has 412 valence electrons. The highest BCUT2D eigenvalue weighted by Crippen LogP contribution is 2.39. The summed E-state index contributed by atoms with van der Waals surface area (Å²) in [6, 6.07) is -1.81. The van der Waals surface area contributed by atoms with Crippen LogP contribution in [0.25, 0.3) is 0 Å². The highest BCUT2D eigenvalue weighted by molar-refractivity contribution is 5.81. The van der Waals surface area contributed by atoms with Crippen LogP contribution < -0.4 is 11.5 Å². The number of esters is 1. The van der Waals surface area contributed by atoms with Crippen LogP contribution in [0.3, 0.4) is 0 Å². The monoisotopic (exact) mass is 1030 g/mol. The Bertz CT molecular complexity index is 1940. The van der Waals surface area contributed by atoms with E-state index in [9.17, 15) is 65.4 Å². The van der Waals surface area contributed by atoms with E-state index in [-0.39, 0.29) is 57.8 Å². The fourth-order valence-corrected chi connectivity index (χ4v) is 9.33. The van der Waals surface area contributed by atoms with Gasteiger partial charge in [0.25, 0.3) is 0 Å². The fraction of sp³-hybridized carbons (Fsp3) is 0.673. The summed E-state index contributed by atoms with van der Waals surface area (Å²) in [6.45, 7) is 7.18. The van der Waals surface area contributed by atoms with Gasteiger partial charge in [-0.05, 0) is 33.1 Å². The van der Waals surface area contributed by atoms with Crippen LogP contribution in [0, 0.1) is 17.8 Å². The van der Waals surface area contributed by atoms with E-state index in [1.165, 1.54) is 9.80 Å². The molecule has 19 atom stereocenters. The maximum absolute atomic E-state index is 14.3. The summed E-state index contributed by atoms with van der Waals surface area (Å²) in [6.07, 6.45) is 4.03. The molecule has 2 bridgehead atoms. The minimum absolute atomic E-state index is 0.0796. The zero-order chi connectivity index (χ0) is 54.0. The first-order chi connectivity index (χ1) is 34.5. The number of primary amides is 1. The Kier molecular flexibility index (Phi) is 25.1. The van der Waals surface area contributed by atoms with Crippen molar-refractivity contribution in [2.24, 2.45) is 29.2 Å². The Morgan fingerprint density at radius 3 is 1.79 bits per heavy atom. The number of hydrogen-bond donors (Lipinski definition) is 12. The zero-order valence-corrected chi connectivity index (χ0v) is 42.3. The maximum Gasteiger partial charge on any atom is 0.314 e. The fourth-order valence-electron chi connectivity index (χ4n) is 9.33. The van der Waals surface area contributed by atoms with Gasteiger partial charge in [0.15, 0.2) is 12.1 Å². The molecule has 0 aromatic carbocycles. The standard InChI is InChI=1S/C52H82N4O17/c1-31-17-15-13-11-9-7-5-6-8-10-12-14-16-18-38(72-50-48(66)45(53)47(65)34(4)71-50)28-42-44(49(67)55-21-23-56(24-22-55)51(54)68)41(62)30-52(69,73-42)29-37(59)26-40(61)39(60)20-19-35(57)25-36(58)27-43(63)70-33(3)32(2)46(31)64/h5-18,31-42,44-48,50,57-62,64-66,69H,19-30,53H2,1-4H3,(H2,54,68)/b6-5+,9-7+,10-8+,13-11+,14-12+,17-15+,18-16+/t31-,32-,33-,34+,35?,36?,37?,38?,39?,40?,41-,42-,44?,45-,46?,47?,48-,50-,52?/m0/s1. The van der Waals surface area contributed by atoms with Crippen LogP contribution in [0.4, 0.5) is 4.79 Å². The lowest BCUT2D eigenvalue weighted by atomic mass is 9.81. The number of fused-ring (bicyclic) bond motifs is 2. The van der Waals surface area contributed by atoms with Crippen molar-refractivity contribution in [2.75, 3.05) is 26.2 Å². The van der Waals surface area contributed by atoms with Gasteiger partial charge in [-0.25, -0.2) is 4.79 Å². The topological polar surface area (TPSA) is 349 Å². The summed E-state index contributed by atoms with van der Waals surface area (Å²) in [7, 11) is 0. The maximum atomic E-state index is 14.3. The van der Waals surface area contributed by atoms with E-state index in [1.54, 1.807) is 75.5 Å². The van der Waals surface area contributed by atoms with Gasteiger partial charge in [-0.3, -0.25) is 9.59 Å². The summed E-state index contributed by atoms with van der Waals surface area (Å²) >= 11 is 0. The molecule has 0 aromatic rings. The highest BCUT2D eigenvalue weighted by Gasteiger charge is 2.52. The lowest BCUT2D eigenvalue weighted by molar-refractivity contribution is -0.308. The molecule has 10 unspecified atom stereocenters. The van der Waals surface area contributed by atoms with Crippen LogP contribution in [-0.4, -0.2) is 202 Å². The Balaban J connectivity index is 1.62. The second-order valence-corrected chi connectivity index (χ2v) is 19.9. The number of piperazine rings is 1. The van der Waals surface area contributed by atoms with E-state index in [1.807, 2.05) is 37.3 Å². The lowest BCUT2D eigenvalue weighted by Crippen LogP contribution is -2.62. The van der Waals surface area contributed by atoms with Crippen molar-refractivity contribution >= 4 is 17.9 Å². The van der Waals surface area contributed by atoms with Crippen molar-refractivity contribution < 1.29 is 84.4 Å². The number of rotatable bonds is 3. The quantitative estimate of drug-likeness (QED) is 0.164. The molecular weight excluding hydrogens is 953 g/mol. The third kappa shape index (κ3) is 19.5. The number of nitrogens with zero attached hydrogens (tertiary/aromatic N) is 2. The molecule has 4 aliphatic rings. The highest BCUT2D eigenvalue weighted by atomic mass is 16.7. The van der Waals surface area contributed by atoms with Crippen LogP contribution in [0.2, 0.25) is 0 Å². The van der Waals surface area contributed by atoms with Crippen LogP contribution in [0.1, 0.15) is 79.1 Å². The van der Waals surface area contributed by atoms with Crippen LogP contribution in [0.5, 0.6) is 0 Å². The van der Waals surface area contributed by atoms with E-state index in [0.717, 1.165) is 0 Å². The van der Waals surface area contributed by atoms with Crippen molar-refractivity contribution in [3.63, 3.8) is 0 Å². The van der Waals surface area contributed by atoms with Crippen molar-refractivity contribution in [3.8, 4) is 0 Å². The molecule has 0 aliphatic carbocycles. The van der Waals surface area contributed by atoms with Gasteiger partial charge in [0.1, 0.15) is 12.2 Å². The van der Waals surface area contributed by atoms with E-state index in [2.05, 4.69) is 0 Å². The summed E-state index contributed by atoms with van der Waals surface area (Å²) in [5.41, 5.74) is 11.6. The second kappa shape index (κ2) is 29.8. The number of ether oxygens (including phenoxy) is 4. The van der Waals surface area contributed by atoms with Gasteiger partial charge in [-0.1, -0.05) is 98.9 Å². The number of allylic oxidation sites excluding steroid dienone is 12. The number of carbonyl (C=O) groups excluding carboxylic acids is 3. The van der Waals surface area contributed by atoms with Gasteiger partial charge < -0.3 is 91.3 Å². The minimum Gasteiger partial charge on any atom is -0.462 e. The van der Waals surface area contributed by atoms with Gasteiger partial charge in [0.05, 0.1) is 85.5 Å². The minimum atomic E-state index is -2.32.